The second-order valence-corrected chi connectivity index (χ2v) is 8.32. The Labute approximate surface area is 199 Å². The molecule has 1 fully saturated rings. The highest BCUT2D eigenvalue weighted by Crippen LogP contribution is 2.41. The number of carbonyl (C=O) groups excluding carboxylic acids is 1. The summed E-state index contributed by atoms with van der Waals surface area (Å²) >= 11 is 0. The lowest BCUT2D eigenvalue weighted by Crippen LogP contribution is -2.50. The number of methoxy groups -OCH3 is 2. The number of aliphatic hydroxyl groups excluding tert-OH is 1. The van der Waals surface area contributed by atoms with Gasteiger partial charge in [-0.1, -0.05) is 54.6 Å². The van der Waals surface area contributed by atoms with Gasteiger partial charge in [-0.15, -0.1) is 0 Å². The second-order valence-electron chi connectivity index (χ2n) is 8.32. The number of rotatable bonds is 7. The molecule has 0 unspecified atom stereocenters. The Morgan fingerprint density at radius 2 is 1.44 bits per heavy atom. The van der Waals surface area contributed by atoms with E-state index < -0.39 is 23.8 Å². The molecule has 0 aliphatic carbocycles. The molecule has 2 N–H and O–H groups in total. The number of aliphatic hydroxyl groups is 2. The molecule has 1 aliphatic rings. The molecule has 2 atom stereocenters. The number of ether oxygens (including phenoxy) is 3. The summed E-state index contributed by atoms with van der Waals surface area (Å²) in [5.41, 5.74) is 0.381. The highest BCUT2D eigenvalue weighted by atomic mass is 16.6. The number of hydrogen-bond acceptors (Lipinski definition) is 6. The molecule has 178 valence electrons. The molecule has 1 aliphatic heterocycles. The fraction of sp³-hybridized carbons (Fsp3) is 0.296. The van der Waals surface area contributed by atoms with Crippen molar-refractivity contribution in [3.05, 3.63) is 95.6 Å². The van der Waals surface area contributed by atoms with Crippen molar-refractivity contribution < 1.29 is 29.2 Å². The van der Waals surface area contributed by atoms with Crippen LogP contribution in [0.3, 0.4) is 0 Å². The largest absolute Gasteiger partial charge is 0.497 e. The Hall–Kier alpha value is -3.55. The molecule has 1 saturated heterocycles. The van der Waals surface area contributed by atoms with E-state index in [2.05, 4.69) is 0 Å². The summed E-state index contributed by atoms with van der Waals surface area (Å²) in [6, 6.07) is 22.7. The van der Waals surface area contributed by atoms with Crippen LogP contribution in [0.15, 0.2) is 78.9 Å². The van der Waals surface area contributed by atoms with Gasteiger partial charge in [0.1, 0.15) is 23.7 Å². The quantitative estimate of drug-likeness (QED) is 0.555. The van der Waals surface area contributed by atoms with Crippen molar-refractivity contribution in [2.75, 3.05) is 20.8 Å². The minimum Gasteiger partial charge on any atom is -0.497 e. The predicted octanol–water partition coefficient (Wildman–Crippen LogP) is 3.71. The summed E-state index contributed by atoms with van der Waals surface area (Å²) in [5, 5.41) is 22.8. The van der Waals surface area contributed by atoms with Crippen LogP contribution in [0, 0.1) is 0 Å². The van der Waals surface area contributed by atoms with E-state index in [9.17, 15) is 15.0 Å². The topological polar surface area (TPSA) is 88.5 Å². The van der Waals surface area contributed by atoms with Crippen molar-refractivity contribution >= 4 is 6.09 Å². The van der Waals surface area contributed by atoms with Gasteiger partial charge in [0.15, 0.2) is 0 Å². The maximum atomic E-state index is 13.1. The highest BCUT2D eigenvalue weighted by Gasteiger charge is 2.50. The first-order valence-corrected chi connectivity index (χ1v) is 11.1. The molecule has 34 heavy (non-hydrogen) atoms. The van der Waals surface area contributed by atoms with Crippen LogP contribution in [-0.2, 0) is 16.9 Å². The number of β-amino-alcohol motifs (C(OH)–C–C–N with tert-alkyl or cyclic N) is 1. The first-order chi connectivity index (χ1) is 16.5. The van der Waals surface area contributed by atoms with Crippen molar-refractivity contribution in [3.63, 3.8) is 0 Å². The summed E-state index contributed by atoms with van der Waals surface area (Å²) in [6.07, 6.45) is -1.20. The van der Waals surface area contributed by atoms with Gasteiger partial charge >= 0.3 is 6.09 Å². The highest BCUT2D eigenvalue weighted by molar-refractivity contribution is 5.69. The monoisotopic (exact) mass is 463 g/mol. The van der Waals surface area contributed by atoms with Crippen LogP contribution >= 0.6 is 0 Å². The van der Waals surface area contributed by atoms with Crippen LogP contribution in [0.25, 0.3) is 0 Å². The van der Waals surface area contributed by atoms with Crippen LogP contribution in [0.1, 0.15) is 23.1 Å². The van der Waals surface area contributed by atoms with Crippen molar-refractivity contribution in [1.82, 2.24) is 4.90 Å². The minimum atomic E-state index is -1.61. The smallest absolute Gasteiger partial charge is 0.410 e. The lowest BCUT2D eigenvalue weighted by molar-refractivity contribution is -0.00704. The predicted molar refractivity (Wildman–Crippen MR) is 127 cm³/mol. The zero-order valence-corrected chi connectivity index (χ0v) is 19.3. The van der Waals surface area contributed by atoms with Gasteiger partial charge in [0, 0.05) is 0 Å². The van der Waals surface area contributed by atoms with Crippen LogP contribution < -0.4 is 9.47 Å². The van der Waals surface area contributed by atoms with E-state index in [0.29, 0.717) is 22.6 Å². The average Bonchev–Trinajstić information content (AvgIpc) is 3.29. The Morgan fingerprint density at radius 1 is 0.912 bits per heavy atom. The van der Waals surface area contributed by atoms with Crippen LogP contribution in [0.4, 0.5) is 4.79 Å². The number of amides is 1. The van der Waals surface area contributed by atoms with E-state index in [1.807, 2.05) is 30.3 Å². The number of nitrogens with zero attached hydrogens (tertiary/aromatic N) is 1. The van der Waals surface area contributed by atoms with Gasteiger partial charge < -0.3 is 24.4 Å². The number of likely N-dealkylation sites (tertiary alicyclic amines) is 1. The third kappa shape index (κ3) is 4.71. The van der Waals surface area contributed by atoms with Crippen LogP contribution in [0.2, 0.25) is 0 Å². The van der Waals surface area contributed by atoms with Gasteiger partial charge in [-0.3, -0.25) is 4.90 Å². The third-order valence-electron chi connectivity index (χ3n) is 6.26. The Morgan fingerprint density at radius 3 is 1.94 bits per heavy atom. The van der Waals surface area contributed by atoms with Crippen molar-refractivity contribution in [2.45, 2.75) is 30.8 Å². The van der Waals surface area contributed by atoms with Gasteiger partial charge in [-0.25, -0.2) is 4.79 Å². The van der Waals surface area contributed by atoms with E-state index >= 15 is 0 Å². The van der Waals surface area contributed by atoms with Crippen molar-refractivity contribution in [2.24, 2.45) is 0 Å². The van der Waals surface area contributed by atoms with Gasteiger partial charge in [-0.05, 0) is 47.4 Å². The fourth-order valence-corrected chi connectivity index (χ4v) is 4.46. The molecule has 0 spiro atoms. The molecule has 3 aromatic rings. The molecule has 7 heteroatoms. The number of hydrogen-bond donors (Lipinski definition) is 2. The zero-order valence-electron chi connectivity index (χ0n) is 19.3. The van der Waals surface area contributed by atoms with Gasteiger partial charge in [-0.2, -0.15) is 0 Å². The lowest BCUT2D eigenvalue weighted by Gasteiger charge is -2.39. The standard InChI is InChI=1S/C27H29NO6/c1-32-23-12-8-20(9-13-23)27(31,21-10-14-24(33-2)15-11-21)25-16-22(29)17-28(25)26(30)34-18-19-6-4-3-5-7-19/h3-15,22,25,29,31H,16-18H2,1-2H3/t22-,25+/m1/s1. The SMILES string of the molecule is COc1ccc(C(O)(c2ccc(OC)cc2)[C@@H]2C[C@@H](O)CN2C(=O)OCc2ccccc2)cc1. The van der Waals surface area contributed by atoms with Gasteiger partial charge in [0.25, 0.3) is 0 Å². The van der Waals surface area contributed by atoms with E-state index in [-0.39, 0.29) is 19.6 Å². The molecule has 0 saturated carbocycles. The minimum absolute atomic E-state index is 0.0624. The number of benzene rings is 3. The summed E-state index contributed by atoms with van der Waals surface area (Å²) in [6.45, 7) is 0.162. The molecule has 0 radical (unpaired) electrons. The first kappa shape index (κ1) is 23.6. The van der Waals surface area contributed by atoms with Crippen molar-refractivity contribution in [1.29, 1.82) is 0 Å². The lowest BCUT2D eigenvalue weighted by atomic mass is 9.79. The maximum Gasteiger partial charge on any atom is 0.410 e. The average molecular weight is 464 g/mol. The number of carbonyl (C=O) groups is 1. The summed E-state index contributed by atoms with van der Waals surface area (Å²) in [4.78, 5) is 14.5. The second kappa shape index (κ2) is 10.2. The summed E-state index contributed by atoms with van der Waals surface area (Å²) in [5.74, 6) is 1.29. The van der Waals surface area contributed by atoms with E-state index in [4.69, 9.17) is 14.2 Å². The Kier molecular flexibility index (Phi) is 7.05. The first-order valence-electron chi connectivity index (χ1n) is 11.1. The molecule has 0 aromatic heterocycles. The normalized spacial score (nSPS) is 17.9. The summed E-state index contributed by atoms with van der Waals surface area (Å²) < 4.78 is 16.1. The molecular formula is C27H29NO6. The summed E-state index contributed by atoms with van der Waals surface area (Å²) in [7, 11) is 3.14. The van der Waals surface area contributed by atoms with E-state index in [0.717, 1.165) is 5.56 Å². The van der Waals surface area contributed by atoms with Crippen LogP contribution in [0.5, 0.6) is 11.5 Å². The van der Waals surface area contributed by atoms with Crippen LogP contribution in [-0.4, -0.2) is 54.1 Å². The molecule has 0 bridgehead atoms. The van der Waals surface area contributed by atoms with Gasteiger partial charge in [0.2, 0.25) is 0 Å². The van der Waals surface area contributed by atoms with Crippen molar-refractivity contribution in [3.8, 4) is 11.5 Å². The Balaban J connectivity index is 1.69. The molecular weight excluding hydrogens is 434 g/mol. The molecule has 3 aromatic carbocycles. The molecule has 4 rings (SSSR count). The van der Waals surface area contributed by atoms with Gasteiger partial charge in [0.05, 0.1) is 32.9 Å². The molecule has 1 heterocycles. The fourth-order valence-electron chi connectivity index (χ4n) is 4.46. The van der Waals surface area contributed by atoms with E-state index in [1.165, 1.54) is 4.90 Å². The van der Waals surface area contributed by atoms with E-state index in [1.54, 1.807) is 62.8 Å². The maximum absolute atomic E-state index is 13.1. The zero-order chi connectivity index (χ0) is 24.1. The molecule has 7 nitrogen and oxygen atoms in total. The molecule has 1 amide bonds. The Bertz CT molecular complexity index is 1040. The third-order valence-corrected chi connectivity index (χ3v) is 6.26.